The van der Waals surface area contributed by atoms with Crippen molar-refractivity contribution in [1.29, 1.82) is 0 Å². The molecule has 1 rings (SSSR count). The summed E-state index contributed by atoms with van der Waals surface area (Å²) < 4.78 is 0. The van der Waals surface area contributed by atoms with Gasteiger partial charge in [0.1, 0.15) is 0 Å². The molecule has 0 aliphatic heterocycles. The van der Waals surface area contributed by atoms with Gasteiger partial charge in [0.05, 0.1) is 0 Å². The van der Waals surface area contributed by atoms with Gasteiger partial charge in [0.25, 0.3) is 0 Å². The van der Waals surface area contributed by atoms with Gasteiger partial charge >= 0.3 is 0 Å². The molecule has 0 aromatic heterocycles. The van der Waals surface area contributed by atoms with Crippen LogP contribution in [0.3, 0.4) is 0 Å². The molecule has 0 amide bonds. The average molecular weight is 326 g/mol. The van der Waals surface area contributed by atoms with Gasteiger partial charge in [0, 0.05) is 50.8 Å². The van der Waals surface area contributed by atoms with Crippen LogP contribution in [0.5, 0.6) is 0 Å². The van der Waals surface area contributed by atoms with E-state index in [1.807, 2.05) is 7.05 Å². The molecule has 23 heavy (non-hydrogen) atoms. The van der Waals surface area contributed by atoms with Crippen molar-refractivity contribution in [2.24, 2.45) is 4.99 Å². The Kier molecular flexibility index (Phi) is 8.92. The molecular formula is C18H39N5. The molecule has 1 fully saturated rings. The monoisotopic (exact) mass is 325 g/mol. The molecule has 0 aromatic carbocycles. The second-order valence-corrected chi connectivity index (χ2v) is 7.40. The Morgan fingerprint density at radius 2 is 1.70 bits per heavy atom. The normalized spacial score (nSPS) is 17.4. The lowest BCUT2D eigenvalue weighted by atomic mass is 10.2. The van der Waals surface area contributed by atoms with E-state index in [-0.39, 0.29) is 0 Å². The molecule has 1 aliphatic carbocycles. The highest BCUT2D eigenvalue weighted by Gasteiger charge is 2.28. The van der Waals surface area contributed by atoms with Crippen molar-refractivity contribution in [3.63, 3.8) is 0 Å². The SMILES string of the molecule is CN=C(NCCCN(C(C)C)C(C)C)NCC(C)N(C)C1CC1. The van der Waals surface area contributed by atoms with E-state index >= 15 is 0 Å². The first-order valence-electron chi connectivity index (χ1n) is 9.29. The predicted molar refractivity (Wildman–Crippen MR) is 101 cm³/mol. The van der Waals surface area contributed by atoms with Crippen molar-refractivity contribution in [3.05, 3.63) is 0 Å². The predicted octanol–water partition coefficient (Wildman–Crippen LogP) is 2.14. The summed E-state index contributed by atoms with van der Waals surface area (Å²) in [6.45, 7) is 14.4. The lowest BCUT2D eigenvalue weighted by molar-refractivity contribution is 0.173. The van der Waals surface area contributed by atoms with Crippen LogP contribution in [0.25, 0.3) is 0 Å². The highest BCUT2D eigenvalue weighted by molar-refractivity contribution is 5.79. The molecule has 0 spiro atoms. The minimum Gasteiger partial charge on any atom is -0.356 e. The second-order valence-electron chi connectivity index (χ2n) is 7.40. The molecular weight excluding hydrogens is 286 g/mol. The molecule has 1 aliphatic rings. The molecule has 2 N–H and O–H groups in total. The van der Waals surface area contributed by atoms with Crippen LogP contribution in [0.2, 0.25) is 0 Å². The van der Waals surface area contributed by atoms with E-state index in [0.29, 0.717) is 18.1 Å². The molecule has 136 valence electrons. The van der Waals surface area contributed by atoms with Gasteiger partial charge in [-0.1, -0.05) is 0 Å². The van der Waals surface area contributed by atoms with E-state index in [9.17, 15) is 0 Å². The van der Waals surface area contributed by atoms with Crippen molar-refractivity contribution in [2.75, 3.05) is 33.7 Å². The lowest BCUT2D eigenvalue weighted by Gasteiger charge is -2.30. The number of hydrogen-bond donors (Lipinski definition) is 2. The first-order chi connectivity index (χ1) is 10.9. The first-order valence-corrected chi connectivity index (χ1v) is 9.29. The number of nitrogens with zero attached hydrogens (tertiary/aromatic N) is 3. The summed E-state index contributed by atoms with van der Waals surface area (Å²) in [5, 5.41) is 6.89. The number of rotatable bonds is 10. The first kappa shape index (κ1) is 20.2. The van der Waals surface area contributed by atoms with Gasteiger partial charge in [-0.25, -0.2) is 0 Å². The van der Waals surface area contributed by atoms with Crippen molar-refractivity contribution in [2.45, 2.75) is 78.0 Å². The maximum atomic E-state index is 4.33. The van der Waals surface area contributed by atoms with Crippen LogP contribution in [0.1, 0.15) is 53.9 Å². The van der Waals surface area contributed by atoms with Crippen LogP contribution >= 0.6 is 0 Å². The summed E-state index contributed by atoms with van der Waals surface area (Å²) in [4.78, 5) is 9.34. The van der Waals surface area contributed by atoms with Crippen molar-refractivity contribution < 1.29 is 0 Å². The van der Waals surface area contributed by atoms with Gasteiger partial charge in [-0.15, -0.1) is 0 Å². The van der Waals surface area contributed by atoms with E-state index in [1.54, 1.807) is 0 Å². The van der Waals surface area contributed by atoms with Gasteiger partial charge in [0.2, 0.25) is 0 Å². The Balaban J connectivity index is 2.20. The van der Waals surface area contributed by atoms with E-state index in [2.05, 4.69) is 67.1 Å². The van der Waals surface area contributed by atoms with E-state index in [4.69, 9.17) is 0 Å². The fourth-order valence-electron chi connectivity index (χ4n) is 3.03. The fourth-order valence-corrected chi connectivity index (χ4v) is 3.03. The van der Waals surface area contributed by atoms with Crippen LogP contribution < -0.4 is 10.6 Å². The zero-order chi connectivity index (χ0) is 17.4. The number of likely N-dealkylation sites (N-methyl/N-ethyl adjacent to an activating group) is 1. The molecule has 0 bridgehead atoms. The van der Waals surface area contributed by atoms with Crippen LogP contribution in [0.15, 0.2) is 4.99 Å². The van der Waals surface area contributed by atoms with E-state index < -0.39 is 0 Å². The van der Waals surface area contributed by atoms with Crippen molar-refractivity contribution >= 4 is 5.96 Å². The summed E-state index contributed by atoms with van der Waals surface area (Å²) in [6, 6.07) is 2.55. The van der Waals surface area contributed by atoms with Gasteiger partial charge in [-0.3, -0.25) is 14.8 Å². The zero-order valence-electron chi connectivity index (χ0n) is 16.4. The zero-order valence-corrected chi connectivity index (χ0v) is 16.4. The molecule has 1 atom stereocenters. The number of aliphatic imine (C=N–C) groups is 1. The molecule has 0 radical (unpaired) electrons. The smallest absolute Gasteiger partial charge is 0.191 e. The molecule has 5 heteroatoms. The fraction of sp³-hybridized carbons (Fsp3) is 0.944. The molecule has 0 aromatic rings. The largest absolute Gasteiger partial charge is 0.356 e. The minimum atomic E-state index is 0.540. The molecule has 0 saturated heterocycles. The van der Waals surface area contributed by atoms with Crippen LogP contribution in [0, 0.1) is 0 Å². The lowest BCUT2D eigenvalue weighted by Crippen LogP contribution is -2.46. The minimum absolute atomic E-state index is 0.540. The van der Waals surface area contributed by atoms with Crippen LogP contribution in [0.4, 0.5) is 0 Å². The highest BCUT2D eigenvalue weighted by Crippen LogP contribution is 2.26. The number of hydrogen-bond acceptors (Lipinski definition) is 3. The topological polar surface area (TPSA) is 42.9 Å². The number of guanidine groups is 1. The van der Waals surface area contributed by atoms with Gasteiger partial charge in [-0.2, -0.15) is 0 Å². The van der Waals surface area contributed by atoms with Gasteiger partial charge in [0.15, 0.2) is 5.96 Å². The van der Waals surface area contributed by atoms with Crippen LogP contribution in [-0.4, -0.2) is 73.7 Å². The standard InChI is InChI=1S/C18H39N5/c1-14(2)23(15(3)4)12-8-11-20-18(19-6)21-13-16(5)22(7)17-9-10-17/h14-17H,8-13H2,1-7H3,(H2,19,20,21). The molecule has 5 nitrogen and oxygen atoms in total. The van der Waals surface area contributed by atoms with Crippen LogP contribution in [-0.2, 0) is 0 Å². The van der Waals surface area contributed by atoms with Crippen molar-refractivity contribution in [1.82, 2.24) is 20.4 Å². The Labute approximate surface area is 143 Å². The summed E-state index contributed by atoms with van der Waals surface area (Å²) >= 11 is 0. The quantitative estimate of drug-likeness (QED) is 0.367. The highest BCUT2D eigenvalue weighted by atomic mass is 15.2. The number of nitrogens with one attached hydrogen (secondary N) is 2. The third-order valence-corrected chi connectivity index (χ3v) is 4.82. The third-order valence-electron chi connectivity index (χ3n) is 4.82. The third kappa shape index (κ3) is 7.53. The Bertz CT molecular complexity index is 341. The van der Waals surface area contributed by atoms with Crippen molar-refractivity contribution in [3.8, 4) is 0 Å². The molecule has 1 unspecified atom stereocenters. The second kappa shape index (κ2) is 10.1. The summed E-state index contributed by atoms with van der Waals surface area (Å²) in [5.74, 6) is 0.918. The Hall–Kier alpha value is -0.810. The summed E-state index contributed by atoms with van der Waals surface area (Å²) in [7, 11) is 4.08. The van der Waals surface area contributed by atoms with Gasteiger partial charge in [-0.05, 0) is 60.9 Å². The Morgan fingerprint density at radius 3 is 2.17 bits per heavy atom. The van der Waals surface area contributed by atoms with E-state index in [1.165, 1.54) is 12.8 Å². The maximum absolute atomic E-state index is 4.33. The molecule has 1 saturated carbocycles. The van der Waals surface area contributed by atoms with Gasteiger partial charge < -0.3 is 10.6 Å². The summed E-state index contributed by atoms with van der Waals surface area (Å²) in [6.07, 6.45) is 3.85. The average Bonchev–Trinajstić information content (AvgIpc) is 3.32. The summed E-state index contributed by atoms with van der Waals surface area (Å²) in [5.41, 5.74) is 0. The Morgan fingerprint density at radius 1 is 1.09 bits per heavy atom. The maximum Gasteiger partial charge on any atom is 0.191 e. The molecule has 0 heterocycles. The van der Waals surface area contributed by atoms with E-state index in [0.717, 1.165) is 38.1 Å².